The van der Waals surface area contributed by atoms with E-state index in [2.05, 4.69) is 5.32 Å². The predicted molar refractivity (Wildman–Crippen MR) is 88.6 cm³/mol. The van der Waals surface area contributed by atoms with E-state index in [1.54, 1.807) is 24.3 Å². The number of aliphatic hydroxyl groups excluding tert-OH is 1. The quantitative estimate of drug-likeness (QED) is 0.891. The Balaban J connectivity index is 1.56. The van der Waals surface area contributed by atoms with E-state index in [1.165, 1.54) is 12.1 Å². The van der Waals surface area contributed by atoms with Gasteiger partial charge in [0.15, 0.2) is 0 Å². The molecule has 2 heterocycles. The second kappa shape index (κ2) is 6.55. The molecule has 2 aliphatic rings. The number of nitrogens with one attached hydrogen (secondary N) is 1. The minimum Gasteiger partial charge on any atom is -0.388 e. The van der Waals surface area contributed by atoms with Gasteiger partial charge in [0.2, 0.25) is 0 Å². The van der Waals surface area contributed by atoms with Crippen LogP contribution >= 0.6 is 0 Å². The summed E-state index contributed by atoms with van der Waals surface area (Å²) >= 11 is 0. The third-order valence-electron chi connectivity index (χ3n) is 4.67. The number of ether oxygens (including phenoxy) is 2. The van der Waals surface area contributed by atoms with Crippen molar-refractivity contribution in [2.75, 3.05) is 13.2 Å². The molecule has 4 rings (SSSR count). The average molecular weight is 343 g/mol. The number of hydrogen-bond donors (Lipinski definition) is 2. The normalized spacial score (nSPS) is 27.9. The van der Waals surface area contributed by atoms with Gasteiger partial charge in [0.05, 0.1) is 19.3 Å². The maximum absolute atomic E-state index is 13.2. The van der Waals surface area contributed by atoms with E-state index in [4.69, 9.17) is 9.47 Å². The predicted octanol–water partition coefficient (Wildman–Crippen LogP) is 1.75. The molecule has 0 spiro atoms. The largest absolute Gasteiger partial charge is 0.388 e. The number of rotatable bonds is 3. The standard InChI is InChI=1S/C19H18FNO4/c20-12-7-5-11(6-8-12)13-3-1-2-4-14(13)19(23)21-15-9-24-18-16(22)10-25-17(15)18/h1-8,15-18,22H,9-10H2,(H,21,23)/t15-,16+,17+,18+/m0/s1. The maximum atomic E-state index is 13.2. The second-order valence-electron chi connectivity index (χ2n) is 6.30. The molecule has 0 bridgehead atoms. The summed E-state index contributed by atoms with van der Waals surface area (Å²) in [4.78, 5) is 12.8. The minimum absolute atomic E-state index is 0.216. The highest BCUT2D eigenvalue weighted by Crippen LogP contribution is 2.28. The van der Waals surface area contributed by atoms with Crippen LogP contribution in [0.25, 0.3) is 11.1 Å². The SMILES string of the molecule is O=C(N[C@H]1CO[C@H]2[C@@H]1OC[C@H]2O)c1ccccc1-c1ccc(F)cc1. The summed E-state index contributed by atoms with van der Waals surface area (Å²) in [6.45, 7) is 0.519. The highest BCUT2D eigenvalue weighted by Gasteiger charge is 2.47. The Hall–Kier alpha value is -2.28. The van der Waals surface area contributed by atoms with Crippen molar-refractivity contribution in [3.05, 3.63) is 59.9 Å². The molecule has 2 saturated heterocycles. The van der Waals surface area contributed by atoms with Crippen molar-refractivity contribution in [3.63, 3.8) is 0 Å². The monoisotopic (exact) mass is 343 g/mol. The first-order chi connectivity index (χ1) is 12.1. The molecule has 2 aromatic carbocycles. The van der Waals surface area contributed by atoms with E-state index in [1.807, 2.05) is 12.1 Å². The molecule has 4 atom stereocenters. The van der Waals surface area contributed by atoms with E-state index in [9.17, 15) is 14.3 Å². The Morgan fingerprint density at radius 2 is 1.76 bits per heavy atom. The molecule has 2 aromatic rings. The van der Waals surface area contributed by atoms with Crippen LogP contribution < -0.4 is 5.32 Å². The van der Waals surface area contributed by atoms with Gasteiger partial charge in [-0.2, -0.15) is 0 Å². The molecule has 0 radical (unpaired) electrons. The van der Waals surface area contributed by atoms with Gasteiger partial charge in [-0.25, -0.2) is 4.39 Å². The summed E-state index contributed by atoms with van der Waals surface area (Å²) in [5.41, 5.74) is 1.99. The molecule has 1 amide bonds. The third-order valence-corrected chi connectivity index (χ3v) is 4.67. The van der Waals surface area contributed by atoms with Gasteiger partial charge in [0.1, 0.15) is 24.1 Å². The second-order valence-corrected chi connectivity index (χ2v) is 6.30. The number of amides is 1. The number of carbonyl (C=O) groups excluding carboxylic acids is 1. The van der Waals surface area contributed by atoms with Gasteiger partial charge >= 0.3 is 0 Å². The van der Waals surface area contributed by atoms with Crippen molar-refractivity contribution in [3.8, 4) is 11.1 Å². The molecular weight excluding hydrogens is 325 g/mol. The van der Waals surface area contributed by atoms with Gasteiger partial charge in [-0.1, -0.05) is 30.3 Å². The molecule has 2 aliphatic heterocycles. The van der Waals surface area contributed by atoms with Gasteiger partial charge in [0.25, 0.3) is 5.91 Å². The molecule has 0 aliphatic carbocycles. The number of aliphatic hydroxyl groups is 1. The molecular formula is C19H18FNO4. The molecule has 2 N–H and O–H groups in total. The number of hydrogen-bond acceptors (Lipinski definition) is 4. The van der Waals surface area contributed by atoms with Crippen molar-refractivity contribution in [1.29, 1.82) is 0 Å². The lowest BCUT2D eigenvalue weighted by molar-refractivity contribution is 0.0178. The number of fused-ring (bicyclic) bond motifs is 1. The molecule has 2 fully saturated rings. The first-order valence-electron chi connectivity index (χ1n) is 8.20. The fraction of sp³-hybridized carbons (Fsp3) is 0.316. The van der Waals surface area contributed by atoms with Crippen LogP contribution in [0, 0.1) is 5.82 Å². The summed E-state index contributed by atoms with van der Waals surface area (Å²) in [6.07, 6.45) is -1.38. The first kappa shape index (κ1) is 16.2. The van der Waals surface area contributed by atoms with Gasteiger partial charge in [-0.05, 0) is 29.3 Å². The Kier molecular flexibility index (Phi) is 4.25. The molecule has 0 saturated carbocycles. The van der Waals surface area contributed by atoms with Crippen molar-refractivity contribution >= 4 is 5.91 Å². The van der Waals surface area contributed by atoms with E-state index >= 15 is 0 Å². The summed E-state index contributed by atoms with van der Waals surface area (Å²) in [5.74, 6) is -0.573. The lowest BCUT2D eigenvalue weighted by Gasteiger charge is -2.18. The van der Waals surface area contributed by atoms with Crippen LogP contribution in [-0.2, 0) is 9.47 Å². The lowest BCUT2D eigenvalue weighted by Crippen LogP contribution is -2.44. The van der Waals surface area contributed by atoms with Gasteiger partial charge in [-0.15, -0.1) is 0 Å². The van der Waals surface area contributed by atoms with E-state index in [0.29, 0.717) is 12.2 Å². The van der Waals surface area contributed by atoms with E-state index in [-0.39, 0.29) is 30.5 Å². The van der Waals surface area contributed by atoms with Crippen LogP contribution in [-0.4, -0.2) is 48.6 Å². The zero-order valence-electron chi connectivity index (χ0n) is 13.4. The average Bonchev–Trinajstić information content (AvgIpc) is 3.19. The lowest BCUT2D eigenvalue weighted by atomic mass is 9.98. The fourth-order valence-electron chi connectivity index (χ4n) is 3.41. The van der Waals surface area contributed by atoms with Crippen LogP contribution in [0.4, 0.5) is 4.39 Å². The van der Waals surface area contributed by atoms with Gasteiger partial charge in [0, 0.05) is 5.56 Å². The Labute approximate surface area is 144 Å². The Morgan fingerprint density at radius 3 is 2.56 bits per heavy atom. The minimum atomic E-state index is -0.654. The van der Waals surface area contributed by atoms with Crippen LogP contribution in [0.15, 0.2) is 48.5 Å². The number of benzene rings is 2. The van der Waals surface area contributed by atoms with E-state index in [0.717, 1.165) is 11.1 Å². The highest BCUT2D eigenvalue weighted by atomic mass is 19.1. The topological polar surface area (TPSA) is 67.8 Å². The smallest absolute Gasteiger partial charge is 0.252 e. The summed E-state index contributed by atoms with van der Waals surface area (Å²) in [6, 6.07) is 12.9. The first-order valence-corrected chi connectivity index (χ1v) is 8.20. The Bertz CT molecular complexity index is 779. The maximum Gasteiger partial charge on any atom is 0.252 e. The number of halogens is 1. The van der Waals surface area contributed by atoms with Crippen LogP contribution in [0.5, 0.6) is 0 Å². The zero-order valence-corrected chi connectivity index (χ0v) is 13.4. The van der Waals surface area contributed by atoms with Crippen molar-refractivity contribution < 1.29 is 23.8 Å². The van der Waals surface area contributed by atoms with Gasteiger partial charge < -0.3 is 19.9 Å². The van der Waals surface area contributed by atoms with Gasteiger partial charge in [-0.3, -0.25) is 4.79 Å². The summed E-state index contributed by atoms with van der Waals surface area (Å²) in [7, 11) is 0. The van der Waals surface area contributed by atoms with Crippen LogP contribution in [0.3, 0.4) is 0 Å². The summed E-state index contributed by atoms with van der Waals surface area (Å²) in [5, 5.41) is 12.7. The van der Waals surface area contributed by atoms with Crippen LogP contribution in [0.1, 0.15) is 10.4 Å². The summed E-state index contributed by atoms with van der Waals surface area (Å²) < 4.78 is 24.2. The Morgan fingerprint density at radius 1 is 1.04 bits per heavy atom. The third kappa shape index (κ3) is 3.04. The molecule has 25 heavy (non-hydrogen) atoms. The van der Waals surface area contributed by atoms with Crippen molar-refractivity contribution in [1.82, 2.24) is 5.32 Å². The van der Waals surface area contributed by atoms with Crippen molar-refractivity contribution in [2.45, 2.75) is 24.4 Å². The zero-order chi connectivity index (χ0) is 17.4. The van der Waals surface area contributed by atoms with Crippen LogP contribution in [0.2, 0.25) is 0 Å². The molecule has 130 valence electrons. The molecule has 0 unspecified atom stereocenters. The molecule has 6 heteroatoms. The van der Waals surface area contributed by atoms with E-state index < -0.39 is 12.2 Å². The fourth-order valence-corrected chi connectivity index (χ4v) is 3.41. The molecule has 0 aromatic heterocycles. The van der Waals surface area contributed by atoms with Crippen molar-refractivity contribution in [2.24, 2.45) is 0 Å². The molecule has 5 nitrogen and oxygen atoms in total. The number of carbonyl (C=O) groups is 1. The highest BCUT2D eigenvalue weighted by molar-refractivity contribution is 6.01.